The van der Waals surface area contributed by atoms with Crippen LogP contribution in [0.2, 0.25) is 0 Å². The van der Waals surface area contributed by atoms with E-state index >= 15 is 0 Å². The zero-order valence-electron chi connectivity index (χ0n) is 7.44. The molecule has 1 atom stereocenters. The van der Waals surface area contributed by atoms with E-state index in [1.54, 1.807) is 6.92 Å². The molecule has 78 valence electrons. The molecule has 1 heterocycles. The van der Waals surface area contributed by atoms with Crippen molar-refractivity contribution in [3.63, 3.8) is 0 Å². The Morgan fingerprint density at radius 2 is 2.08 bits per heavy atom. The lowest BCUT2D eigenvalue weighted by Crippen LogP contribution is -2.42. The lowest BCUT2D eigenvalue weighted by Gasteiger charge is -2.25. The Balaban J connectivity index is 2.47. The molecule has 0 spiro atoms. The van der Waals surface area contributed by atoms with E-state index in [1.165, 1.54) is 4.90 Å². The molecule has 0 bridgehead atoms. The van der Waals surface area contributed by atoms with Crippen LogP contribution in [0.15, 0.2) is 0 Å². The second-order valence-electron chi connectivity index (χ2n) is 3.52. The number of rotatable bonds is 3. The molecule has 1 nitrogen and oxygen atoms in total. The molecule has 1 rings (SSSR count). The maximum Gasteiger partial charge on any atom is 0.319 e. The first-order chi connectivity index (χ1) is 5.93. The summed E-state index contributed by atoms with van der Waals surface area (Å²) in [6.45, 7) is 1.48. The molecule has 0 N–H and O–H groups in total. The third-order valence-corrected chi connectivity index (χ3v) is 2.42. The minimum Gasteiger partial charge on any atom is -0.295 e. The zero-order chi connectivity index (χ0) is 10.1. The molecule has 1 aliphatic heterocycles. The fourth-order valence-electron chi connectivity index (χ4n) is 1.57. The fourth-order valence-corrected chi connectivity index (χ4v) is 1.57. The molecule has 0 aromatic carbocycles. The number of alkyl halides is 4. The maximum absolute atomic E-state index is 12.6. The highest BCUT2D eigenvalue weighted by molar-refractivity contribution is 4.82. The van der Waals surface area contributed by atoms with Gasteiger partial charge in [-0.05, 0) is 26.3 Å². The van der Waals surface area contributed by atoms with Gasteiger partial charge in [0.1, 0.15) is 0 Å². The minimum atomic E-state index is -3.86. The molecule has 0 amide bonds. The molecule has 1 unspecified atom stereocenters. The Morgan fingerprint density at radius 3 is 2.46 bits per heavy atom. The van der Waals surface area contributed by atoms with E-state index in [-0.39, 0.29) is 6.04 Å². The predicted octanol–water partition coefficient (Wildman–Crippen LogP) is 2.37. The molecule has 1 aliphatic rings. The summed E-state index contributed by atoms with van der Waals surface area (Å²) in [5.41, 5.74) is 0. The van der Waals surface area contributed by atoms with E-state index in [4.69, 9.17) is 0 Å². The van der Waals surface area contributed by atoms with E-state index in [9.17, 15) is 17.6 Å². The van der Waals surface area contributed by atoms with Gasteiger partial charge in [0.25, 0.3) is 0 Å². The van der Waals surface area contributed by atoms with Gasteiger partial charge < -0.3 is 0 Å². The summed E-state index contributed by atoms with van der Waals surface area (Å²) in [5.74, 6) is -3.86. The van der Waals surface area contributed by atoms with Crippen molar-refractivity contribution in [2.75, 3.05) is 13.1 Å². The van der Waals surface area contributed by atoms with Crippen molar-refractivity contribution in [1.29, 1.82) is 0 Å². The molecular weight excluding hydrogens is 186 g/mol. The van der Waals surface area contributed by atoms with E-state index in [1.807, 2.05) is 0 Å². The average molecular weight is 199 g/mol. The highest BCUT2D eigenvalue weighted by Crippen LogP contribution is 2.27. The van der Waals surface area contributed by atoms with Crippen LogP contribution in [0, 0.1) is 0 Å². The number of hydrogen-bond acceptors (Lipinski definition) is 1. The first-order valence-corrected chi connectivity index (χ1v) is 4.33. The molecule has 13 heavy (non-hydrogen) atoms. The normalized spacial score (nSPS) is 25.8. The Labute approximate surface area is 74.7 Å². The summed E-state index contributed by atoms with van der Waals surface area (Å²) in [5, 5.41) is 0. The SMILES string of the molecule is CC1CCCN1CC(F)(F)C(F)F. The van der Waals surface area contributed by atoms with Gasteiger partial charge in [0.15, 0.2) is 0 Å². The molecule has 0 radical (unpaired) electrons. The van der Waals surface area contributed by atoms with Crippen LogP contribution in [0.25, 0.3) is 0 Å². The van der Waals surface area contributed by atoms with Crippen molar-refractivity contribution < 1.29 is 17.6 Å². The second kappa shape index (κ2) is 3.82. The lowest BCUT2D eigenvalue weighted by atomic mass is 10.2. The van der Waals surface area contributed by atoms with Gasteiger partial charge in [0.05, 0.1) is 6.54 Å². The first-order valence-electron chi connectivity index (χ1n) is 4.33. The topological polar surface area (TPSA) is 3.24 Å². The third kappa shape index (κ3) is 2.56. The standard InChI is InChI=1S/C8H13F4N/c1-6-3-2-4-13(6)5-8(11,12)7(9)10/h6-7H,2-5H2,1H3. The number of hydrogen-bond donors (Lipinski definition) is 0. The van der Waals surface area contributed by atoms with E-state index in [0.717, 1.165) is 12.8 Å². The monoisotopic (exact) mass is 199 g/mol. The largest absolute Gasteiger partial charge is 0.319 e. The van der Waals surface area contributed by atoms with Gasteiger partial charge in [-0.3, -0.25) is 4.90 Å². The van der Waals surface area contributed by atoms with Crippen LogP contribution >= 0.6 is 0 Å². The van der Waals surface area contributed by atoms with Gasteiger partial charge >= 0.3 is 12.3 Å². The molecule has 5 heteroatoms. The minimum absolute atomic E-state index is 0.00428. The lowest BCUT2D eigenvalue weighted by molar-refractivity contribution is -0.143. The highest BCUT2D eigenvalue weighted by Gasteiger charge is 2.43. The van der Waals surface area contributed by atoms with Gasteiger partial charge in [-0.2, -0.15) is 8.78 Å². The summed E-state index contributed by atoms with van der Waals surface area (Å²) < 4.78 is 48.8. The molecule has 1 fully saturated rings. The number of likely N-dealkylation sites (tertiary alicyclic amines) is 1. The summed E-state index contributed by atoms with van der Waals surface area (Å²) in [6.07, 6.45) is -1.92. The maximum atomic E-state index is 12.6. The van der Waals surface area contributed by atoms with Crippen molar-refractivity contribution in [3.8, 4) is 0 Å². The zero-order valence-corrected chi connectivity index (χ0v) is 7.44. The average Bonchev–Trinajstić information content (AvgIpc) is 2.35. The van der Waals surface area contributed by atoms with Crippen LogP contribution in [0.4, 0.5) is 17.6 Å². The van der Waals surface area contributed by atoms with Gasteiger partial charge in [-0.25, -0.2) is 8.78 Å². The third-order valence-electron chi connectivity index (χ3n) is 2.42. The van der Waals surface area contributed by atoms with Crippen LogP contribution in [0.3, 0.4) is 0 Å². The van der Waals surface area contributed by atoms with E-state index < -0.39 is 18.9 Å². The summed E-state index contributed by atoms with van der Waals surface area (Å²) in [6, 6.07) is 0.00428. The van der Waals surface area contributed by atoms with Gasteiger partial charge in [0, 0.05) is 6.04 Å². The van der Waals surface area contributed by atoms with Crippen molar-refractivity contribution >= 4 is 0 Å². The summed E-state index contributed by atoms with van der Waals surface area (Å²) >= 11 is 0. The number of nitrogens with zero attached hydrogens (tertiary/aromatic N) is 1. The second-order valence-corrected chi connectivity index (χ2v) is 3.52. The molecule has 0 saturated carbocycles. The van der Waals surface area contributed by atoms with Crippen LogP contribution < -0.4 is 0 Å². The smallest absolute Gasteiger partial charge is 0.295 e. The Kier molecular flexibility index (Phi) is 3.16. The van der Waals surface area contributed by atoms with Gasteiger partial charge in [-0.1, -0.05) is 0 Å². The Bertz CT molecular complexity index is 172. The predicted molar refractivity (Wildman–Crippen MR) is 41.2 cm³/mol. The molecular formula is C8H13F4N. The quantitative estimate of drug-likeness (QED) is 0.631. The Morgan fingerprint density at radius 1 is 1.46 bits per heavy atom. The highest BCUT2D eigenvalue weighted by atomic mass is 19.3. The molecule has 0 aliphatic carbocycles. The van der Waals surface area contributed by atoms with Crippen LogP contribution in [-0.2, 0) is 0 Å². The molecule has 0 aromatic rings. The van der Waals surface area contributed by atoms with Crippen LogP contribution in [0.5, 0.6) is 0 Å². The Hall–Kier alpha value is -0.320. The number of halogens is 4. The van der Waals surface area contributed by atoms with E-state index in [0.29, 0.717) is 6.54 Å². The summed E-state index contributed by atoms with van der Waals surface area (Å²) in [7, 11) is 0. The molecule has 1 saturated heterocycles. The van der Waals surface area contributed by atoms with Crippen molar-refractivity contribution in [1.82, 2.24) is 4.90 Å². The van der Waals surface area contributed by atoms with Gasteiger partial charge in [-0.15, -0.1) is 0 Å². The summed E-state index contributed by atoms with van der Waals surface area (Å²) in [4.78, 5) is 1.42. The van der Waals surface area contributed by atoms with Crippen LogP contribution in [-0.4, -0.2) is 36.4 Å². The van der Waals surface area contributed by atoms with Crippen molar-refractivity contribution in [2.24, 2.45) is 0 Å². The van der Waals surface area contributed by atoms with Crippen LogP contribution in [0.1, 0.15) is 19.8 Å². The fraction of sp³-hybridized carbons (Fsp3) is 1.00. The van der Waals surface area contributed by atoms with Crippen molar-refractivity contribution in [3.05, 3.63) is 0 Å². The van der Waals surface area contributed by atoms with Gasteiger partial charge in [0.2, 0.25) is 0 Å². The van der Waals surface area contributed by atoms with E-state index in [2.05, 4.69) is 0 Å². The molecule has 0 aromatic heterocycles. The first kappa shape index (κ1) is 10.8. The van der Waals surface area contributed by atoms with Crippen molar-refractivity contribution in [2.45, 2.75) is 38.2 Å².